The van der Waals surface area contributed by atoms with E-state index in [4.69, 9.17) is 5.73 Å². The fraction of sp³-hybridized carbons (Fsp3) is 0.444. The van der Waals surface area contributed by atoms with Crippen molar-refractivity contribution in [3.63, 3.8) is 0 Å². The normalized spacial score (nSPS) is 17.6. The Bertz CT molecular complexity index is 874. The summed E-state index contributed by atoms with van der Waals surface area (Å²) in [7, 11) is 0. The first-order valence-corrected chi connectivity index (χ1v) is 8.50. The summed E-state index contributed by atoms with van der Waals surface area (Å²) in [6.45, 7) is 2.41. The number of rotatable bonds is 4. The van der Waals surface area contributed by atoms with Crippen molar-refractivity contribution in [2.75, 3.05) is 6.54 Å². The Morgan fingerprint density at radius 3 is 2.88 bits per heavy atom. The molecule has 2 aromatic rings. The van der Waals surface area contributed by atoms with E-state index in [-0.39, 0.29) is 30.5 Å². The number of aryl methyl sites for hydroxylation is 1. The van der Waals surface area contributed by atoms with E-state index in [1.807, 2.05) is 13.0 Å². The quantitative estimate of drug-likeness (QED) is 0.895. The van der Waals surface area contributed by atoms with E-state index in [0.717, 1.165) is 24.8 Å². The average Bonchev–Trinajstić information content (AvgIpc) is 2.58. The van der Waals surface area contributed by atoms with E-state index in [0.29, 0.717) is 17.4 Å². The molecule has 2 amide bonds. The minimum Gasteiger partial charge on any atom is -0.370 e. The average molecular weight is 342 g/mol. The fourth-order valence-corrected chi connectivity index (χ4v) is 3.46. The summed E-state index contributed by atoms with van der Waals surface area (Å²) < 4.78 is 1.33. The number of nitrogens with two attached hydrogens (primary N) is 1. The second-order valence-electron chi connectivity index (χ2n) is 6.56. The molecule has 3 rings (SSSR count). The van der Waals surface area contributed by atoms with Crippen molar-refractivity contribution in [2.45, 2.75) is 45.2 Å². The van der Waals surface area contributed by atoms with Gasteiger partial charge in [-0.05, 0) is 37.8 Å². The Morgan fingerprint density at radius 2 is 2.12 bits per heavy atom. The molecular formula is C18H22N4O3. The summed E-state index contributed by atoms with van der Waals surface area (Å²) in [5.41, 5.74) is 6.64. The molecule has 2 N–H and O–H groups in total. The molecule has 1 aliphatic heterocycles. The van der Waals surface area contributed by atoms with Crippen LogP contribution in [0.15, 0.2) is 29.3 Å². The second kappa shape index (κ2) is 7.04. The van der Waals surface area contributed by atoms with Crippen LogP contribution in [-0.2, 0) is 16.1 Å². The van der Waals surface area contributed by atoms with Crippen molar-refractivity contribution < 1.29 is 9.59 Å². The molecule has 0 saturated carbocycles. The Morgan fingerprint density at radius 1 is 1.32 bits per heavy atom. The van der Waals surface area contributed by atoms with E-state index in [2.05, 4.69) is 4.98 Å². The lowest BCUT2D eigenvalue weighted by molar-refractivity contribution is -0.136. The first-order chi connectivity index (χ1) is 12.0. The van der Waals surface area contributed by atoms with Gasteiger partial charge < -0.3 is 10.6 Å². The van der Waals surface area contributed by atoms with Gasteiger partial charge in [0.05, 0.1) is 17.2 Å². The van der Waals surface area contributed by atoms with E-state index in [1.54, 1.807) is 17.0 Å². The van der Waals surface area contributed by atoms with Gasteiger partial charge in [-0.2, -0.15) is 0 Å². The second-order valence-corrected chi connectivity index (χ2v) is 6.56. The Labute approximate surface area is 145 Å². The molecule has 0 radical (unpaired) electrons. The van der Waals surface area contributed by atoms with Gasteiger partial charge in [0, 0.05) is 19.0 Å². The van der Waals surface area contributed by atoms with Gasteiger partial charge in [0.1, 0.15) is 6.54 Å². The number of piperidine rings is 1. The molecule has 132 valence electrons. The maximum absolute atomic E-state index is 12.7. The van der Waals surface area contributed by atoms with Crippen LogP contribution in [0.1, 0.15) is 31.2 Å². The van der Waals surface area contributed by atoms with Gasteiger partial charge in [-0.25, -0.2) is 4.98 Å². The van der Waals surface area contributed by atoms with Gasteiger partial charge >= 0.3 is 0 Å². The van der Waals surface area contributed by atoms with Gasteiger partial charge in [0.15, 0.2) is 0 Å². The number of para-hydroxylation sites is 1. The highest BCUT2D eigenvalue weighted by Crippen LogP contribution is 2.20. The molecule has 25 heavy (non-hydrogen) atoms. The summed E-state index contributed by atoms with van der Waals surface area (Å²) in [5, 5.41) is 0.502. The van der Waals surface area contributed by atoms with Crippen LogP contribution in [0.3, 0.4) is 0 Å². The molecule has 1 saturated heterocycles. The molecule has 0 spiro atoms. The third-order valence-corrected chi connectivity index (χ3v) is 4.75. The molecular weight excluding hydrogens is 320 g/mol. The van der Waals surface area contributed by atoms with Gasteiger partial charge in [-0.1, -0.05) is 12.1 Å². The van der Waals surface area contributed by atoms with Gasteiger partial charge in [-0.15, -0.1) is 0 Å². The van der Waals surface area contributed by atoms with E-state index in [1.165, 1.54) is 10.9 Å². The number of hydrogen-bond acceptors (Lipinski definition) is 4. The minimum absolute atomic E-state index is 0.0784. The molecule has 0 unspecified atom stereocenters. The maximum atomic E-state index is 12.7. The number of fused-ring (bicyclic) bond motifs is 1. The first-order valence-electron chi connectivity index (χ1n) is 8.50. The number of carbonyl (C=O) groups is 2. The molecule has 7 heteroatoms. The van der Waals surface area contributed by atoms with Crippen LogP contribution in [0, 0.1) is 6.92 Å². The van der Waals surface area contributed by atoms with Crippen molar-refractivity contribution in [1.82, 2.24) is 14.5 Å². The zero-order valence-electron chi connectivity index (χ0n) is 14.3. The van der Waals surface area contributed by atoms with Gasteiger partial charge in [0.25, 0.3) is 5.56 Å². The van der Waals surface area contributed by atoms with Crippen LogP contribution in [0.5, 0.6) is 0 Å². The lowest BCUT2D eigenvalue weighted by Crippen LogP contribution is -2.47. The van der Waals surface area contributed by atoms with Crippen LogP contribution in [0.2, 0.25) is 0 Å². The number of nitrogens with zero attached hydrogens (tertiary/aromatic N) is 3. The first kappa shape index (κ1) is 17.1. The molecule has 1 aromatic heterocycles. The summed E-state index contributed by atoms with van der Waals surface area (Å²) >= 11 is 0. The predicted molar refractivity (Wildman–Crippen MR) is 93.9 cm³/mol. The number of amides is 2. The molecule has 1 atom stereocenters. The SMILES string of the molecule is Cc1cccc2c(=O)n(CC(=O)N3CCCC[C@@H]3CC(N)=O)cnc12. The maximum Gasteiger partial charge on any atom is 0.261 e. The Hall–Kier alpha value is -2.70. The standard InChI is InChI=1S/C18H22N4O3/c1-12-5-4-7-14-17(12)20-11-21(18(14)25)10-16(24)22-8-3-2-6-13(22)9-15(19)23/h4-5,7,11,13H,2-3,6,8-10H2,1H3,(H2,19,23)/t13-/m1/s1. The monoisotopic (exact) mass is 342 g/mol. The summed E-state index contributed by atoms with van der Waals surface area (Å²) in [6.07, 6.45) is 4.21. The highest BCUT2D eigenvalue weighted by molar-refractivity contribution is 5.82. The number of benzene rings is 1. The van der Waals surface area contributed by atoms with Crippen LogP contribution >= 0.6 is 0 Å². The van der Waals surface area contributed by atoms with E-state index >= 15 is 0 Å². The minimum atomic E-state index is -0.412. The zero-order valence-corrected chi connectivity index (χ0v) is 14.3. The number of hydrogen-bond donors (Lipinski definition) is 1. The third-order valence-electron chi connectivity index (χ3n) is 4.75. The Kier molecular flexibility index (Phi) is 4.83. The van der Waals surface area contributed by atoms with Crippen molar-refractivity contribution in [1.29, 1.82) is 0 Å². The summed E-state index contributed by atoms with van der Waals surface area (Å²) in [6, 6.07) is 5.24. The van der Waals surface area contributed by atoms with Crippen LogP contribution in [-0.4, -0.2) is 38.9 Å². The topological polar surface area (TPSA) is 98.3 Å². The van der Waals surface area contributed by atoms with Crippen molar-refractivity contribution in [3.8, 4) is 0 Å². The zero-order chi connectivity index (χ0) is 18.0. The van der Waals surface area contributed by atoms with Crippen molar-refractivity contribution >= 4 is 22.7 Å². The lowest BCUT2D eigenvalue weighted by Gasteiger charge is -2.35. The fourth-order valence-electron chi connectivity index (χ4n) is 3.46. The van der Waals surface area contributed by atoms with Gasteiger partial charge in [0.2, 0.25) is 11.8 Å². The predicted octanol–water partition coefficient (Wildman–Crippen LogP) is 0.961. The molecule has 0 bridgehead atoms. The van der Waals surface area contributed by atoms with E-state index < -0.39 is 5.91 Å². The molecule has 7 nitrogen and oxygen atoms in total. The number of aromatic nitrogens is 2. The number of likely N-dealkylation sites (tertiary alicyclic amines) is 1. The molecule has 2 heterocycles. The van der Waals surface area contributed by atoms with Crippen LogP contribution in [0.25, 0.3) is 10.9 Å². The molecule has 0 aliphatic carbocycles. The Balaban J connectivity index is 1.85. The van der Waals surface area contributed by atoms with Crippen LogP contribution in [0.4, 0.5) is 0 Å². The summed E-state index contributed by atoms with van der Waals surface area (Å²) in [4.78, 5) is 42.6. The number of carbonyl (C=O) groups excluding carboxylic acids is 2. The largest absolute Gasteiger partial charge is 0.370 e. The highest BCUT2D eigenvalue weighted by atomic mass is 16.2. The van der Waals surface area contributed by atoms with Gasteiger partial charge in [-0.3, -0.25) is 19.0 Å². The summed E-state index contributed by atoms with van der Waals surface area (Å²) in [5.74, 6) is -0.591. The van der Waals surface area contributed by atoms with Crippen molar-refractivity contribution in [2.24, 2.45) is 5.73 Å². The van der Waals surface area contributed by atoms with E-state index in [9.17, 15) is 14.4 Å². The highest BCUT2D eigenvalue weighted by Gasteiger charge is 2.28. The third kappa shape index (κ3) is 3.55. The number of primary amides is 1. The molecule has 1 aliphatic rings. The lowest BCUT2D eigenvalue weighted by atomic mass is 9.99. The van der Waals surface area contributed by atoms with Crippen molar-refractivity contribution in [3.05, 3.63) is 40.4 Å². The van der Waals surface area contributed by atoms with Crippen LogP contribution < -0.4 is 11.3 Å². The molecule has 1 aromatic carbocycles. The molecule has 1 fully saturated rings. The smallest absolute Gasteiger partial charge is 0.261 e.